The number of carbonyl (C=O) groups excluding carboxylic acids is 1. The van der Waals surface area contributed by atoms with Crippen LogP contribution in [0, 0.1) is 6.92 Å². The summed E-state index contributed by atoms with van der Waals surface area (Å²) in [5.41, 5.74) is 2.96. The number of ether oxygens (including phenoxy) is 1. The Hall–Kier alpha value is -2.67. The monoisotopic (exact) mass is 370 g/mol. The van der Waals surface area contributed by atoms with Crippen LogP contribution in [-0.4, -0.2) is 36.1 Å². The third-order valence-corrected chi connectivity index (χ3v) is 5.54. The minimum Gasteiger partial charge on any atom is -0.465 e. The van der Waals surface area contributed by atoms with Gasteiger partial charge in [0.15, 0.2) is 0 Å². The van der Waals surface area contributed by atoms with E-state index in [1.807, 2.05) is 19.1 Å². The molecule has 2 heterocycles. The summed E-state index contributed by atoms with van der Waals surface area (Å²) in [6.45, 7) is 8.13. The van der Waals surface area contributed by atoms with Gasteiger partial charge in [-0.2, -0.15) is 0 Å². The van der Waals surface area contributed by atoms with Gasteiger partial charge in [0.2, 0.25) is 0 Å². The molecule has 3 aromatic rings. The van der Waals surface area contributed by atoms with E-state index in [0.29, 0.717) is 10.7 Å². The topological polar surface area (TPSA) is 67.3 Å². The minimum absolute atomic E-state index is 0.347. The third-order valence-electron chi connectivity index (χ3n) is 4.36. The number of rotatable bonds is 6. The fourth-order valence-corrected chi connectivity index (χ4v) is 4.00. The van der Waals surface area contributed by atoms with Crippen molar-refractivity contribution in [2.24, 2.45) is 0 Å². The summed E-state index contributed by atoms with van der Waals surface area (Å²) in [6.07, 6.45) is 1.51. The van der Waals surface area contributed by atoms with Crippen LogP contribution >= 0.6 is 11.3 Å². The zero-order valence-electron chi connectivity index (χ0n) is 15.4. The number of nitrogens with one attached hydrogen (secondary N) is 1. The lowest BCUT2D eigenvalue weighted by molar-refractivity contribution is 0.0605. The number of esters is 1. The molecule has 1 aromatic carbocycles. The summed E-state index contributed by atoms with van der Waals surface area (Å²) >= 11 is 1.32. The van der Waals surface area contributed by atoms with Crippen LogP contribution in [0.4, 0.5) is 17.2 Å². The Balaban J connectivity index is 1.94. The molecule has 0 unspecified atom stereocenters. The summed E-state index contributed by atoms with van der Waals surface area (Å²) in [5.74, 6) is 0.342. The summed E-state index contributed by atoms with van der Waals surface area (Å²) in [5, 5.41) is 4.20. The zero-order valence-corrected chi connectivity index (χ0v) is 16.2. The van der Waals surface area contributed by atoms with E-state index < -0.39 is 0 Å². The fraction of sp³-hybridized carbons (Fsp3) is 0.316. The molecule has 0 bridgehead atoms. The predicted octanol–water partition coefficient (Wildman–Crippen LogP) is 4.38. The number of anilines is 3. The Kier molecular flexibility index (Phi) is 5.37. The first-order valence-electron chi connectivity index (χ1n) is 8.53. The van der Waals surface area contributed by atoms with Gasteiger partial charge in [-0.05, 0) is 50.6 Å². The molecule has 7 heteroatoms. The molecule has 26 heavy (non-hydrogen) atoms. The molecule has 0 amide bonds. The van der Waals surface area contributed by atoms with Crippen LogP contribution in [-0.2, 0) is 4.74 Å². The number of aromatic nitrogens is 2. The van der Waals surface area contributed by atoms with Crippen molar-refractivity contribution in [1.29, 1.82) is 0 Å². The van der Waals surface area contributed by atoms with Gasteiger partial charge in [0, 0.05) is 24.5 Å². The summed E-state index contributed by atoms with van der Waals surface area (Å²) < 4.78 is 4.86. The molecule has 3 rings (SSSR count). The molecule has 6 nitrogen and oxygen atoms in total. The Morgan fingerprint density at radius 1 is 1.19 bits per heavy atom. The highest BCUT2D eigenvalue weighted by Crippen LogP contribution is 2.34. The lowest BCUT2D eigenvalue weighted by atomic mass is 10.2. The molecule has 0 saturated heterocycles. The number of carbonyl (C=O) groups is 1. The second-order valence-electron chi connectivity index (χ2n) is 5.79. The van der Waals surface area contributed by atoms with E-state index in [-0.39, 0.29) is 5.97 Å². The first kappa shape index (κ1) is 18.1. The van der Waals surface area contributed by atoms with Gasteiger partial charge in [-0.1, -0.05) is 0 Å². The number of hydrogen-bond acceptors (Lipinski definition) is 7. The predicted molar refractivity (Wildman–Crippen MR) is 107 cm³/mol. The highest BCUT2D eigenvalue weighted by molar-refractivity contribution is 7.20. The summed E-state index contributed by atoms with van der Waals surface area (Å²) in [6, 6.07) is 8.25. The average molecular weight is 370 g/mol. The number of nitrogens with zero attached hydrogens (tertiary/aromatic N) is 3. The Morgan fingerprint density at radius 2 is 1.88 bits per heavy atom. The van der Waals surface area contributed by atoms with Crippen molar-refractivity contribution in [2.75, 3.05) is 30.4 Å². The smallest absolute Gasteiger partial charge is 0.348 e. The van der Waals surface area contributed by atoms with Gasteiger partial charge in [0.25, 0.3) is 0 Å². The van der Waals surface area contributed by atoms with E-state index in [0.717, 1.165) is 34.6 Å². The number of thiophene rings is 1. The highest BCUT2D eigenvalue weighted by Gasteiger charge is 2.19. The van der Waals surface area contributed by atoms with E-state index in [1.165, 1.54) is 30.5 Å². The van der Waals surface area contributed by atoms with Crippen LogP contribution in [0.1, 0.15) is 29.1 Å². The van der Waals surface area contributed by atoms with Crippen molar-refractivity contribution in [3.05, 3.63) is 41.0 Å². The summed E-state index contributed by atoms with van der Waals surface area (Å²) in [4.78, 5) is 24.2. The summed E-state index contributed by atoms with van der Waals surface area (Å²) in [7, 11) is 1.38. The largest absolute Gasteiger partial charge is 0.465 e. The number of hydrogen-bond donors (Lipinski definition) is 1. The molecule has 0 aliphatic rings. The lowest BCUT2D eigenvalue weighted by Gasteiger charge is -2.21. The molecule has 0 aliphatic carbocycles. The second kappa shape index (κ2) is 7.70. The van der Waals surface area contributed by atoms with Gasteiger partial charge in [0.1, 0.15) is 21.9 Å². The first-order valence-corrected chi connectivity index (χ1v) is 9.35. The number of fused-ring (bicyclic) bond motifs is 1. The van der Waals surface area contributed by atoms with Gasteiger partial charge in [-0.3, -0.25) is 0 Å². The quantitative estimate of drug-likeness (QED) is 0.650. The van der Waals surface area contributed by atoms with Gasteiger partial charge in [0.05, 0.1) is 12.5 Å². The second-order valence-corrected chi connectivity index (χ2v) is 6.79. The van der Waals surface area contributed by atoms with Crippen molar-refractivity contribution < 1.29 is 9.53 Å². The SMILES string of the molecule is CCN(CC)c1ccc(Nc2ncnc3sc(C(=O)OC)c(C)c23)cc1. The van der Waals surface area contributed by atoms with E-state index >= 15 is 0 Å². The molecule has 0 aliphatic heterocycles. The molecule has 136 valence electrons. The van der Waals surface area contributed by atoms with E-state index in [1.54, 1.807) is 0 Å². The van der Waals surface area contributed by atoms with Crippen molar-refractivity contribution in [3.63, 3.8) is 0 Å². The molecule has 1 N–H and O–H groups in total. The first-order chi connectivity index (χ1) is 12.6. The normalized spacial score (nSPS) is 10.8. The van der Waals surface area contributed by atoms with Crippen LogP contribution in [0.25, 0.3) is 10.2 Å². The maximum absolute atomic E-state index is 11.9. The van der Waals surface area contributed by atoms with E-state index in [4.69, 9.17) is 4.74 Å². The zero-order chi connectivity index (χ0) is 18.7. The molecule has 0 atom stereocenters. The van der Waals surface area contributed by atoms with Crippen molar-refractivity contribution >= 4 is 44.7 Å². The third kappa shape index (κ3) is 3.35. The number of methoxy groups -OCH3 is 1. The standard InChI is InChI=1S/C19H22N4O2S/c1-5-23(6-2)14-9-7-13(8-10-14)22-17-15-12(3)16(19(24)25-4)26-18(15)21-11-20-17/h7-11H,5-6H2,1-4H3,(H,20,21,22). The molecule has 0 radical (unpaired) electrons. The minimum atomic E-state index is -0.347. The van der Waals surface area contributed by atoms with Gasteiger partial charge in [-0.15, -0.1) is 11.3 Å². The maximum atomic E-state index is 11.9. The molecule has 2 aromatic heterocycles. The molecule has 0 spiro atoms. The number of benzene rings is 1. The van der Waals surface area contributed by atoms with E-state index in [9.17, 15) is 4.79 Å². The van der Waals surface area contributed by atoms with Gasteiger partial charge in [-0.25, -0.2) is 14.8 Å². The maximum Gasteiger partial charge on any atom is 0.348 e. The van der Waals surface area contributed by atoms with Gasteiger partial charge < -0.3 is 15.0 Å². The molecule has 0 saturated carbocycles. The average Bonchev–Trinajstić information content (AvgIpc) is 3.01. The van der Waals surface area contributed by atoms with Crippen LogP contribution in [0.3, 0.4) is 0 Å². The number of aryl methyl sites for hydroxylation is 1. The van der Waals surface area contributed by atoms with Crippen molar-refractivity contribution in [2.45, 2.75) is 20.8 Å². The highest BCUT2D eigenvalue weighted by atomic mass is 32.1. The van der Waals surface area contributed by atoms with Crippen LogP contribution in [0.2, 0.25) is 0 Å². The van der Waals surface area contributed by atoms with Gasteiger partial charge >= 0.3 is 5.97 Å². The van der Waals surface area contributed by atoms with Crippen LogP contribution in [0.5, 0.6) is 0 Å². The lowest BCUT2D eigenvalue weighted by Crippen LogP contribution is -2.21. The van der Waals surface area contributed by atoms with Crippen molar-refractivity contribution in [1.82, 2.24) is 9.97 Å². The van der Waals surface area contributed by atoms with Crippen LogP contribution in [0.15, 0.2) is 30.6 Å². The van der Waals surface area contributed by atoms with Crippen molar-refractivity contribution in [3.8, 4) is 0 Å². The molecular formula is C19H22N4O2S. The fourth-order valence-electron chi connectivity index (χ4n) is 2.93. The Morgan fingerprint density at radius 3 is 2.50 bits per heavy atom. The Bertz CT molecular complexity index is 917. The molecular weight excluding hydrogens is 348 g/mol. The molecule has 0 fully saturated rings. The van der Waals surface area contributed by atoms with E-state index in [2.05, 4.69) is 46.2 Å². The van der Waals surface area contributed by atoms with Crippen LogP contribution < -0.4 is 10.2 Å². The Labute approximate surface area is 156 Å².